The number of carbonyl (C=O) groups excluding carboxylic acids is 1. The summed E-state index contributed by atoms with van der Waals surface area (Å²) in [5.74, 6) is 0.772. The number of anilines is 1. The van der Waals surface area contributed by atoms with Gasteiger partial charge >= 0.3 is 0 Å². The maximum absolute atomic E-state index is 13.0. The van der Waals surface area contributed by atoms with E-state index >= 15 is 0 Å². The number of aryl methyl sites for hydroxylation is 1. The van der Waals surface area contributed by atoms with Crippen LogP contribution in [0.5, 0.6) is 0 Å². The van der Waals surface area contributed by atoms with Gasteiger partial charge in [0, 0.05) is 24.9 Å². The van der Waals surface area contributed by atoms with Crippen molar-refractivity contribution in [3.63, 3.8) is 0 Å². The Balaban J connectivity index is 1.78. The van der Waals surface area contributed by atoms with Gasteiger partial charge in [0.05, 0.1) is 10.6 Å². The number of non-ortho nitro benzene ring substituents is 1. The Morgan fingerprint density at radius 3 is 2.48 bits per heavy atom. The predicted octanol–water partition coefficient (Wildman–Crippen LogP) is 4.55. The molecule has 0 aliphatic heterocycles. The molecule has 2 aromatic heterocycles. The molecule has 10 heteroatoms. The van der Waals surface area contributed by atoms with Crippen LogP contribution in [0.1, 0.15) is 31.5 Å². The first-order chi connectivity index (χ1) is 15.7. The lowest BCUT2D eigenvalue weighted by atomic mass is 10.0. The van der Waals surface area contributed by atoms with E-state index in [0.29, 0.717) is 34.5 Å². The van der Waals surface area contributed by atoms with Gasteiger partial charge in [0.2, 0.25) is 5.91 Å². The van der Waals surface area contributed by atoms with Gasteiger partial charge in [-0.25, -0.2) is 9.97 Å². The van der Waals surface area contributed by atoms with Crippen molar-refractivity contribution < 1.29 is 9.72 Å². The molecule has 1 atom stereocenters. The van der Waals surface area contributed by atoms with Gasteiger partial charge in [0.1, 0.15) is 22.6 Å². The third kappa shape index (κ3) is 6.45. The average Bonchev–Trinajstić information content (AvgIpc) is 2.80. The van der Waals surface area contributed by atoms with Crippen molar-refractivity contribution in [2.75, 3.05) is 5.32 Å². The fraction of sp³-hybridized carbons (Fsp3) is 0.304. The van der Waals surface area contributed by atoms with Crippen LogP contribution in [0.4, 0.5) is 11.5 Å². The molecule has 33 heavy (non-hydrogen) atoms. The lowest BCUT2D eigenvalue weighted by molar-refractivity contribution is -0.384. The largest absolute Gasteiger partial charge is 0.357 e. The van der Waals surface area contributed by atoms with Crippen LogP contribution in [0.25, 0.3) is 11.5 Å². The molecular weight excluding hydrogens is 444 g/mol. The lowest BCUT2D eigenvalue weighted by Crippen LogP contribution is -2.40. The number of rotatable bonds is 9. The molecule has 1 amide bonds. The number of nitrogens with one attached hydrogen (secondary N) is 2. The van der Waals surface area contributed by atoms with E-state index < -0.39 is 11.0 Å². The zero-order valence-electron chi connectivity index (χ0n) is 18.6. The number of carbonyl (C=O) groups is 1. The predicted molar refractivity (Wildman–Crippen MR) is 127 cm³/mol. The molecule has 3 rings (SSSR count). The Morgan fingerprint density at radius 2 is 1.88 bits per heavy atom. The summed E-state index contributed by atoms with van der Waals surface area (Å²) in [6, 6.07) is 10.9. The van der Waals surface area contributed by atoms with E-state index in [1.165, 1.54) is 12.1 Å². The summed E-state index contributed by atoms with van der Waals surface area (Å²) >= 11 is 6.46. The van der Waals surface area contributed by atoms with Gasteiger partial charge in [0.25, 0.3) is 5.69 Å². The topological polar surface area (TPSA) is 123 Å². The SMILES string of the molecule is Cc1nc(-c2ccccn2)nc(NC(CC(C)C)C(=O)NCc2ccc([N+](=O)[O-])cc2)c1Cl. The summed E-state index contributed by atoms with van der Waals surface area (Å²) in [5.41, 5.74) is 1.93. The van der Waals surface area contributed by atoms with E-state index in [9.17, 15) is 14.9 Å². The molecule has 3 aromatic rings. The third-order valence-corrected chi connectivity index (χ3v) is 5.31. The van der Waals surface area contributed by atoms with E-state index in [1.807, 2.05) is 19.9 Å². The van der Waals surface area contributed by atoms with E-state index in [4.69, 9.17) is 11.6 Å². The molecule has 1 unspecified atom stereocenters. The van der Waals surface area contributed by atoms with E-state index in [-0.39, 0.29) is 24.1 Å². The zero-order valence-corrected chi connectivity index (χ0v) is 19.3. The van der Waals surface area contributed by atoms with E-state index in [1.54, 1.807) is 37.4 Å². The first-order valence-corrected chi connectivity index (χ1v) is 10.9. The summed E-state index contributed by atoms with van der Waals surface area (Å²) in [4.78, 5) is 36.6. The van der Waals surface area contributed by atoms with E-state index in [0.717, 1.165) is 5.56 Å². The number of halogens is 1. The normalized spacial score (nSPS) is 11.8. The van der Waals surface area contributed by atoms with Gasteiger partial charge in [-0.15, -0.1) is 0 Å². The maximum atomic E-state index is 13.0. The molecule has 0 aliphatic carbocycles. The molecule has 0 fully saturated rings. The Bertz CT molecular complexity index is 1120. The number of hydrogen-bond acceptors (Lipinski definition) is 7. The van der Waals surface area contributed by atoms with Gasteiger partial charge in [0.15, 0.2) is 5.82 Å². The molecule has 0 bridgehead atoms. The first kappa shape index (κ1) is 24.1. The van der Waals surface area contributed by atoms with Crippen LogP contribution >= 0.6 is 11.6 Å². The van der Waals surface area contributed by atoms with Crippen LogP contribution < -0.4 is 10.6 Å². The standard InChI is InChI=1S/C23H25ClN6O3/c1-14(2)12-19(23(31)26-13-16-7-9-17(10-8-16)30(32)33)28-22-20(24)15(3)27-21(29-22)18-6-4-5-11-25-18/h4-11,14,19H,12-13H2,1-3H3,(H,26,31)(H,27,28,29). The minimum absolute atomic E-state index is 0.00177. The van der Waals surface area contributed by atoms with Crippen LogP contribution in [0, 0.1) is 23.0 Å². The fourth-order valence-electron chi connectivity index (χ4n) is 3.18. The van der Waals surface area contributed by atoms with Crippen LogP contribution in [-0.2, 0) is 11.3 Å². The highest BCUT2D eigenvalue weighted by molar-refractivity contribution is 6.33. The maximum Gasteiger partial charge on any atom is 0.269 e. The number of nitro groups is 1. The fourth-order valence-corrected chi connectivity index (χ4v) is 3.32. The van der Waals surface area contributed by atoms with Gasteiger partial charge in [-0.2, -0.15) is 0 Å². The number of hydrogen-bond donors (Lipinski definition) is 2. The number of benzene rings is 1. The molecule has 9 nitrogen and oxygen atoms in total. The second-order valence-corrected chi connectivity index (χ2v) is 8.36. The molecular formula is C23H25ClN6O3. The van der Waals surface area contributed by atoms with Crippen LogP contribution in [0.3, 0.4) is 0 Å². The zero-order chi connectivity index (χ0) is 24.0. The first-order valence-electron chi connectivity index (χ1n) is 10.5. The molecule has 0 saturated carbocycles. The van der Waals surface area contributed by atoms with E-state index in [2.05, 4.69) is 25.6 Å². The van der Waals surface area contributed by atoms with Gasteiger partial charge in [-0.1, -0.05) is 43.6 Å². The minimum Gasteiger partial charge on any atom is -0.357 e. The van der Waals surface area contributed by atoms with Crippen molar-refractivity contribution in [1.29, 1.82) is 0 Å². The van der Waals surface area contributed by atoms with Crippen molar-refractivity contribution in [2.45, 2.75) is 39.8 Å². The summed E-state index contributed by atoms with van der Waals surface area (Å²) in [6.07, 6.45) is 2.20. The average molecular weight is 469 g/mol. The molecule has 0 aliphatic rings. The molecule has 0 saturated heterocycles. The van der Waals surface area contributed by atoms with Crippen molar-refractivity contribution in [3.05, 3.63) is 75.1 Å². The third-order valence-electron chi connectivity index (χ3n) is 4.86. The van der Waals surface area contributed by atoms with Crippen LogP contribution in [-0.4, -0.2) is 31.8 Å². The summed E-state index contributed by atoms with van der Waals surface area (Å²) < 4.78 is 0. The number of nitro benzene ring substituents is 1. The van der Waals surface area contributed by atoms with Crippen LogP contribution in [0.2, 0.25) is 5.02 Å². The minimum atomic E-state index is -0.591. The van der Waals surface area contributed by atoms with Crippen molar-refractivity contribution in [3.8, 4) is 11.5 Å². The molecule has 2 heterocycles. The van der Waals surface area contributed by atoms with Gasteiger partial charge < -0.3 is 10.6 Å². The summed E-state index contributed by atoms with van der Waals surface area (Å²) in [6.45, 7) is 6.05. The van der Waals surface area contributed by atoms with Crippen molar-refractivity contribution in [1.82, 2.24) is 20.3 Å². The highest BCUT2D eigenvalue weighted by Crippen LogP contribution is 2.27. The highest BCUT2D eigenvalue weighted by Gasteiger charge is 2.23. The molecule has 2 N–H and O–H groups in total. The highest BCUT2D eigenvalue weighted by atomic mass is 35.5. The lowest BCUT2D eigenvalue weighted by Gasteiger charge is -2.22. The van der Waals surface area contributed by atoms with Crippen molar-refractivity contribution in [2.24, 2.45) is 5.92 Å². The molecule has 172 valence electrons. The summed E-state index contributed by atoms with van der Waals surface area (Å²) in [7, 11) is 0. The Morgan fingerprint density at radius 1 is 1.15 bits per heavy atom. The van der Waals surface area contributed by atoms with Crippen molar-refractivity contribution >= 4 is 29.0 Å². The number of pyridine rings is 1. The Kier molecular flexibility index (Phi) is 7.89. The molecule has 1 aromatic carbocycles. The smallest absolute Gasteiger partial charge is 0.269 e. The molecule has 0 radical (unpaired) electrons. The number of aromatic nitrogens is 3. The Hall–Kier alpha value is -3.59. The molecule has 0 spiro atoms. The summed E-state index contributed by atoms with van der Waals surface area (Å²) in [5, 5.41) is 17.2. The number of amides is 1. The van der Waals surface area contributed by atoms with Crippen LogP contribution in [0.15, 0.2) is 48.7 Å². The Labute approximate surface area is 196 Å². The monoisotopic (exact) mass is 468 g/mol. The second kappa shape index (κ2) is 10.8. The van der Waals surface area contributed by atoms with Gasteiger partial charge in [-0.3, -0.25) is 19.9 Å². The number of nitrogens with zero attached hydrogens (tertiary/aromatic N) is 4. The second-order valence-electron chi connectivity index (χ2n) is 7.98. The van der Waals surface area contributed by atoms with Gasteiger partial charge in [-0.05, 0) is 37.0 Å². The quantitative estimate of drug-likeness (QED) is 0.348.